The molecule has 4 heteroatoms. The van der Waals surface area contributed by atoms with Crippen molar-refractivity contribution in [3.05, 3.63) is 71.8 Å². The van der Waals surface area contributed by atoms with Gasteiger partial charge in [-0.3, -0.25) is 4.79 Å². The average Bonchev–Trinajstić information content (AvgIpc) is 2.46. The summed E-state index contributed by atoms with van der Waals surface area (Å²) < 4.78 is 0. The van der Waals surface area contributed by atoms with Gasteiger partial charge in [0.2, 0.25) is 5.91 Å². The quantitative estimate of drug-likeness (QED) is 0.874. The number of carbonyl (C=O) groups is 2. The number of amides is 1. The van der Waals surface area contributed by atoms with E-state index in [1.807, 2.05) is 30.3 Å². The van der Waals surface area contributed by atoms with Crippen molar-refractivity contribution in [3.63, 3.8) is 0 Å². The average molecular weight is 269 g/mol. The summed E-state index contributed by atoms with van der Waals surface area (Å²) in [6.45, 7) is 0. The second-order valence-corrected chi connectivity index (χ2v) is 4.41. The number of nitrogens with one attached hydrogen (secondary N) is 1. The van der Waals surface area contributed by atoms with E-state index in [4.69, 9.17) is 0 Å². The van der Waals surface area contributed by atoms with Gasteiger partial charge in [0.15, 0.2) is 6.04 Å². The number of hydrogen-bond donors (Lipinski definition) is 2. The van der Waals surface area contributed by atoms with Crippen molar-refractivity contribution >= 4 is 11.9 Å². The summed E-state index contributed by atoms with van der Waals surface area (Å²) in [5, 5.41) is 11.8. The van der Waals surface area contributed by atoms with Gasteiger partial charge in [0.1, 0.15) is 0 Å². The molecule has 0 saturated heterocycles. The van der Waals surface area contributed by atoms with Gasteiger partial charge in [0.05, 0.1) is 6.42 Å². The number of benzene rings is 2. The molecule has 0 fully saturated rings. The monoisotopic (exact) mass is 269 g/mol. The van der Waals surface area contributed by atoms with Crippen LogP contribution in [-0.2, 0) is 16.0 Å². The standard InChI is InChI=1S/C16H15NO3/c18-14(11-12-7-3-1-4-8-12)17-15(16(19)20)13-9-5-2-6-10-13/h1-10,15H,11H2,(H,17,18)(H,19,20)/t15-/m1/s1. The van der Waals surface area contributed by atoms with Gasteiger partial charge >= 0.3 is 5.97 Å². The molecule has 20 heavy (non-hydrogen) atoms. The number of carbonyl (C=O) groups excluding carboxylic acids is 1. The summed E-state index contributed by atoms with van der Waals surface area (Å²) in [6, 6.07) is 16.8. The number of aliphatic carboxylic acids is 1. The first-order valence-electron chi connectivity index (χ1n) is 6.28. The van der Waals surface area contributed by atoms with E-state index in [1.54, 1.807) is 30.3 Å². The van der Waals surface area contributed by atoms with Crippen LogP contribution < -0.4 is 5.32 Å². The molecule has 102 valence electrons. The number of rotatable bonds is 5. The number of hydrogen-bond acceptors (Lipinski definition) is 2. The maximum absolute atomic E-state index is 11.9. The van der Waals surface area contributed by atoms with Crippen LogP contribution in [0.2, 0.25) is 0 Å². The maximum Gasteiger partial charge on any atom is 0.330 e. The van der Waals surface area contributed by atoms with E-state index >= 15 is 0 Å². The molecule has 0 radical (unpaired) electrons. The summed E-state index contributed by atoms with van der Waals surface area (Å²) in [4.78, 5) is 23.2. The van der Waals surface area contributed by atoms with Crippen LogP contribution in [0.25, 0.3) is 0 Å². The normalized spacial score (nSPS) is 11.6. The minimum absolute atomic E-state index is 0.164. The molecule has 1 atom stereocenters. The van der Waals surface area contributed by atoms with Crippen molar-refractivity contribution in [2.24, 2.45) is 0 Å². The number of carboxylic acid groups (broad SMARTS) is 1. The Kier molecular flexibility index (Phi) is 4.50. The van der Waals surface area contributed by atoms with E-state index < -0.39 is 12.0 Å². The lowest BCUT2D eigenvalue weighted by molar-refractivity contribution is -0.141. The van der Waals surface area contributed by atoms with Crippen LogP contribution in [0.4, 0.5) is 0 Å². The minimum atomic E-state index is -1.07. The van der Waals surface area contributed by atoms with Crippen molar-refractivity contribution in [2.45, 2.75) is 12.5 Å². The number of carboxylic acids is 1. The molecule has 4 nitrogen and oxygen atoms in total. The van der Waals surface area contributed by atoms with Crippen LogP contribution in [0, 0.1) is 0 Å². The van der Waals surface area contributed by atoms with Crippen molar-refractivity contribution in [2.75, 3.05) is 0 Å². The van der Waals surface area contributed by atoms with Gasteiger partial charge < -0.3 is 10.4 Å². The van der Waals surface area contributed by atoms with Crippen molar-refractivity contribution < 1.29 is 14.7 Å². The third-order valence-electron chi connectivity index (χ3n) is 2.89. The molecule has 0 unspecified atom stereocenters. The first kappa shape index (κ1) is 13.8. The van der Waals surface area contributed by atoms with E-state index in [1.165, 1.54) is 0 Å². The lowest BCUT2D eigenvalue weighted by atomic mass is 10.1. The highest BCUT2D eigenvalue weighted by atomic mass is 16.4. The molecule has 2 aromatic carbocycles. The van der Waals surface area contributed by atoms with E-state index in [-0.39, 0.29) is 12.3 Å². The Bertz CT molecular complexity index is 581. The van der Waals surface area contributed by atoms with E-state index in [2.05, 4.69) is 5.32 Å². The van der Waals surface area contributed by atoms with Gasteiger partial charge in [-0.25, -0.2) is 4.79 Å². The fourth-order valence-corrected chi connectivity index (χ4v) is 1.93. The molecule has 0 heterocycles. The summed E-state index contributed by atoms with van der Waals surface area (Å²) >= 11 is 0. The molecule has 0 bridgehead atoms. The summed E-state index contributed by atoms with van der Waals surface area (Å²) in [5.74, 6) is -1.38. The second kappa shape index (κ2) is 6.52. The first-order chi connectivity index (χ1) is 9.66. The Morgan fingerprint density at radius 1 is 0.950 bits per heavy atom. The van der Waals surface area contributed by atoms with E-state index in [0.717, 1.165) is 5.56 Å². The predicted octanol–water partition coefficient (Wildman–Crippen LogP) is 2.17. The molecule has 2 rings (SSSR count). The predicted molar refractivity (Wildman–Crippen MR) is 75.1 cm³/mol. The van der Waals surface area contributed by atoms with E-state index in [9.17, 15) is 14.7 Å². The zero-order chi connectivity index (χ0) is 14.4. The summed E-state index contributed by atoms with van der Waals surface area (Å²) in [7, 11) is 0. The first-order valence-corrected chi connectivity index (χ1v) is 6.28. The minimum Gasteiger partial charge on any atom is -0.479 e. The topological polar surface area (TPSA) is 66.4 Å². The van der Waals surface area contributed by atoms with Gasteiger partial charge in [-0.2, -0.15) is 0 Å². The molecule has 2 N–H and O–H groups in total. The third kappa shape index (κ3) is 3.68. The Morgan fingerprint density at radius 3 is 2.05 bits per heavy atom. The Hall–Kier alpha value is -2.62. The smallest absolute Gasteiger partial charge is 0.330 e. The fraction of sp³-hybridized carbons (Fsp3) is 0.125. The van der Waals surface area contributed by atoms with Gasteiger partial charge in [-0.1, -0.05) is 60.7 Å². The van der Waals surface area contributed by atoms with Gasteiger partial charge in [-0.15, -0.1) is 0 Å². The fourth-order valence-electron chi connectivity index (χ4n) is 1.93. The molecule has 0 saturated carbocycles. The third-order valence-corrected chi connectivity index (χ3v) is 2.89. The Balaban J connectivity index is 2.06. The lowest BCUT2D eigenvalue weighted by Crippen LogP contribution is -2.34. The second-order valence-electron chi connectivity index (χ2n) is 4.41. The van der Waals surface area contributed by atoms with Crippen LogP contribution in [0.1, 0.15) is 17.2 Å². The Labute approximate surface area is 117 Å². The highest BCUT2D eigenvalue weighted by molar-refractivity contribution is 5.85. The summed E-state index contributed by atoms with van der Waals surface area (Å²) in [5.41, 5.74) is 1.41. The van der Waals surface area contributed by atoms with Crippen LogP contribution >= 0.6 is 0 Å². The van der Waals surface area contributed by atoms with Crippen molar-refractivity contribution in [3.8, 4) is 0 Å². The zero-order valence-corrected chi connectivity index (χ0v) is 10.8. The maximum atomic E-state index is 11.9. The van der Waals surface area contributed by atoms with Crippen molar-refractivity contribution in [1.29, 1.82) is 0 Å². The highest BCUT2D eigenvalue weighted by Crippen LogP contribution is 2.13. The molecule has 0 aromatic heterocycles. The molecule has 0 aliphatic heterocycles. The highest BCUT2D eigenvalue weighted by Gasteiger charge is 2.21. The molecule has 2 aromatic rings. The molecule has 0 aliphatic rings. The van der Waals surface area contributed by atoms with Crippen LogP contribution in [-0.4, -0.2) is 17.0 Å². The van der Waals surface area contributed by atoms with Gasteiger partial charge in [0.25, 0.3) is 0 Å². The SMILES string of the molecule is O=C(Cc1ccccc1)N[C@@H](C(=O)O)c1ccccc1. The van der Waals surface area contributed by atoms with Crippen LogP contribution in [0.15, 0.2) is 60.7 Å². The molecular formula is C16H15NO3. The van der Waals surface area contributed by atoms with Gasteiger partial charge in [0, 0.05) is 0 Å². The van der Waals surface area contributed by atoms with Crippen LogP contribution in [0.3, 0.4) is 0 Å². The van der Waals surface area contributed by atoms with Crippen molar-refractivity contribution in [1.82, 2.24) is 5.32 Å². The summed E-state index contributed by atoms with van der Waals surface area (Å²) in [6.07, 6.45) is 0.164. The largest absolute Gasteiger partial charge is 0.479 e. The lowest BCUT2D eigenvalue weighted by Gasteiger charge is -2.14. The Morgan fingerprint density at radius 2 is 1.50 bits per heavy atom. The molecule has 0 spiro atoms. The van der Waals surface area contributed by atoms with Gasteiger partial charge in [-0.05, 0) is 11.1 Å². The molecular weight excluding hydrogens is 254 g/mol. The van der Waals surface area contributed by atoms with Crippen LogP contribution in [0.5, 0.6) is 0 Å². The van der Waals surface area contributed by atoms with E-state index in [0.29, 0.717) is 5.56 Å². The molecule has 0 aliphatic carbocycles. The molecule has 1 amide bonds. The zero-order valence-electron chi connectivity index (χ0n) is 10.8.